The predicted octanol–water partition coefficient (Wildman–Crippen LogP) is 4.49. The molecule has 0 saturated carbocycles. The molecule has 92 valence electrons. The first-order chi connectivity index (χ1) is 8.65. The summed E-state index contributed by atoms with van der Waals surface area (Å²) in [5, 5.41) is -0.398. The van der Waals surface area contributed by atoms with Crippen LogP contribution in [0.4, 0.5) is 0 Å². The van der Waals surface area contributed by atoms with Gasteiger partial charge in [0.05, 0.1) is 11.5 Å². The molecule has 1 aromatic heterocycles. The second kappa shape index (κ2) is 4.68. The molecule has 0 atom stereocenters. The summed E-state index contributed by atoms with van der Waals surface area (Å²) in [5.74, 6) is 0.854. The van der Waals surface area contributed by atoms with Crippen molar-refractivity contribution in [2.24, 2.45) is 0 Å². The molecule has 0 unspecified atom stereocenters. The maximum Gasteiger partial charge on any atom is 0.262 e. The van der Waals surface area contributed by atoms with Crippen LogP contribution >= 0.6 is 38.9 Å². The molecule has 1 aliphatic rings. The highest BCUT2D eigenvalue weighted by atomic mass is 79.9. The Morgan fingerprint density at radius 2 is 2.22 bits per heavy atom. The molecule has 0 radical (unpaired) electrons. The first kappa shape index (κ1) is 12.2. The van der Waals surface area contributed by atoms with Crippen molar-refractivity contribution in [2.45, 2.75) is 6.42 Å². The standard InChI is InChI=1S/C13H8BrClO2S/c14-8-1-2-10-9(6-8)12-7(3-4-17-10)5-11(18-12)13(15)16/h1-2,5-6H,3-4H2. The third-order valence-corrected chi connectivity index (χ3v) is 4.84. The van der Waals surface area contributed by atoms with Crippen molar-refractivity contribution in [3.8, 4) is 16.2 Å². The number of carbonyl (C=O) groups excluding carboxylic acids is 1. The maximum atomic E-state index is 11.3. The topological polar surface area (TPSA) is 26.3 Å². The van der Waals surface area contributed by atoms with Crippen LogP contribution in [0.5, 0.6) is 5.75 Å². The molecular formula is C13H8BrClO2S. The quantitative estimate of drug-likeness (QED) is 0.713. The van der Waals surface area contributed by atoms with Crippen LogP contribution in [0.3, 0.4) is 0 Å². The zero-order valence-electron chi connectivity index (χ0n) is 9.20. The van der Waals surface area contributed by atoms with Gasteiger partial charge in [-0.2, -0.15) is 0 Å². The van der Waals surface area contributed by atoms with Crippen molar-refractivity contribution in [2.75, 3.05) is 6.61 Å². The van der Waals surface area contributed by atoms with E-state index in [-0.39, 0.29) is 0 Å². The molecule has 0 aliphatic carbocycles. The van der Waals surface area contributed by atoms with Crippen LogP contribution < -0.4 is 4.74 Å². The average Bonchev–Trinajstić information content (AvgIpc) is 2.68. The summed E-state index contributed by atoms with van der Waals surface area (Å²) in [6.07, 6.45) is 0.794. The van der Waals surface area contributed by atoms with Crippen molar-refractivity contribution in [1.82, 2.24) is 0 Å². The van der Waals surface area contributed by atoms with E-state index in [1.54, 1.807) is 0 Å². The van der Waals surface area contributed by atoms with E-state index in [0.29, 0.717) is 11.5 Å². The van der Waals surface area contributed by atoms with Gasteiger partial charge < -0.3 is 4.74 Å². The fourth-order valence-corrected chi connectivity index (χ4v) is 3.61. The van der Waals surface area contributed by atoms with Crippen molar-refractivity contribution in [3.05, 3.63) is 39.2 Å². The van der Waals surface area contributed by atoms with E-state index in [1.807, 2.05) is 24.3 Å². The number of thiophene rings is 1. The van der Waals surface area contributed by atoms with Gasteiger partial charge in [-0.15, -0.1) is 11.3 Å². The first-order valence-electron chi connectivity index (χ1n) is 5.40. The molecular weight excluding hydrogens is 336 g/mol. The van der Waals surface area contributed by atoms with Crippen LogP contribution in [0.15, 0.2) is 28.7 Å². The maximum absolute atomic E-state index is 11.3. The lowest BCUT2D eigenvalue weighted by atomic mass is 10.1. The number of fused-ring (bicyclic) bond motifs is 3. The van der Waals surface area contributed by atoms with Gasteiger partial charge in [-0.1, -0.05) is 15.9 Å². The third-order valence-electron chi connectivity index (χ3n) is 2.82. The minimum Gasteiger partial charge on any atom is -0.493 e. The summed E-state index contributed by atoms with van der Waals surface area (Å²) in [6.45, 7) is 0.619. The van der Waals surface area contributed by atoms with Gasteiger partial charge in [-0.25, -0.2) is 0 Å². The summed E-state index contributed by atoms with van der Waals surface area (Å²) in [5.41, 5.74) is 2.15. The molecule has 0 N–H and O–H groups in total. The molecule has 1 aromatic carbocycles. The van der Waals surface area contributed by atoms with Crippen molar-refractivity contribution < 1.29 is 9.53 Å². The van der Waals surface area contributed by atoms with Crippen LogP contribution in [0.25, 0.3) is 10.4 Å². The zero-order valence-corrected chi connectivity index (χ0v) is 12.4. The summed E-state index contributed by atoms with van der Waals surface area (Å²) in [4.78, 5) is 12.9. The summed E-state index contributed by atoms with van der Waals surface area (Å²) in [6, 6.07) is 7.77. The third kappa shape index (κ3) is 2.09. The first-order valence-corrected chi connectivity index (χ1v) is 7.39. The molecule has 1 aliphatic heterocycles. The number of benzene rings is 1. The summed E-state index contributed by atoms with van der Waals surface area (Å²) in [7, 11) is 0. The molecule has 18 heavy (non-hydrogen) atoms. The smallest absolute Gasteiger partial charge is 0.262 e. The highest BCUT2D eigenvalue weighted by molar-refractivity contribution is 9.10. The molecule has 2 aromatic rings. The number of hydrogen-bond acceptors (Lipinski definition) is 3. The Kier molecular flexibility index (Phi) is 3.18. The SMILES string of the molecule is O=C(Cl)c1cc2c(s1)-c1cc(Br)ccc1OCC2. The molecule has 0 amide bonds. The monoisotopic (exact) mass is 342 g/mol. The van der Waals surface area contributed by atoms with Crippen LogP contribution in [0.2, 0.25) is 0 Å². The second-order valence-electron chi connectivity index (χ2n) is 3.98. The van der Waals surface area contributed by atoms with E-state index in [1.165, 1.54) is 11.3 Å². The van der Waals surface area contributed by atoms with Crippen LogP contribution in [-0.2, 0) is 6.42 Å². The number of carbonyl (C=O) groups is 1. The van der Waals surface area contributed by atoms with E-state index >= 15 is 0 Å². The summed E-state index contributed by atoms with van der Waals surface area (Å²) < 4.78 is 6.70. The average molecular weight is 344 g/mol. The van der Waals surface area contributed by atoms with Crippen molar-refractivity contribution in [1.29, 1.82) is 0 Å². The van der Waals surface area contributed by atoms with Gasteiger partial charge in [0, 0.05) is 21.3 Å². The molecule has 0 fully saturated rings. The molecule has 2 nitrogen and oxygen atoms in total. The zero-order chi connectivity index (χ0) is 12.7. The fourth-order valence-electron chi connectivity index (χ4n) is 2.02. The molecule has 0 spiro atoms. The van der Waals surface area contributed by atoms with Gasteiger partial charge >= 0.3 is 0 Å². The van der Waals surface area contributed by atoms with Crippen LogP contribution in [0.1, 0.15) is 15.2 Å². The van der Waals surface area contributed by atoms with Gasteiger partial charge in [0.2, 0.25) is 0 Å². The van der Waals surface area contributed by atoms with Crippen LogP contribution in [-0.4, -0.2) is 11.8 Å². The minimum absolute atomic E-state index is 0.398. The number of rotatable bonds is 1. The van der Waals surface area contributed by atoms with Gasteiger partial charge in [-0.3, -0.25) is 4.79 Å². The lowest BCUT2D eigenvalue weighted by Gasteiger charge is -2.06. The molecule has 0 bridgehead atoms. The van der Waals surface area contributed by atoms with E-state index in [4.69, 9.17) is 16.3 Å². The second-order valence-corrected chi connectivity index (χ2v) is 6.29. The Morgan fingerprint density at radius 1 is 1.39 bits per heavy atom. The van der Waals surface area contributed by atoms with Gasteiger partial charge in [0.15, 0.2) is 0 Å². The minimum atomic E-state index is -0.398. The Balaban J connectivity index is 2.22. The van der Waals surface area contributed by atoms with Crippen LogP contribution in [0, 0.1) is 0 Å². The van der Waals surface area contributed by atoms with Crippen molar-refractivity contribution >= 4 is 44.1 Å². The van der Waals surface area contributed by atoms with Gasteiger partial charge in [-0.05, 0) is 41.4 Å². The Labute approximate surface area is 122 Å². The predicted molar refractivity (Wildman–Crippen MR) is 76.8 cm³/mol. The molecule has 5 heteroatoms. The highest BCUT2D eigenvalue weighted by Crippen LogP contribution is 2.42. The molecule has 0 saturated heterocycles. The van der Waals surface area contributed by atoms with Gasteiger partial charge in [0.25, 0.3) is 5.24 Å². The van der Waals surface area contributed by atoms with E-state index in [0.717, 1.165) is 32.6 Å². The van der Waals surface area contributed by atoms with E-state index in [9.17, 15) is 4.79 Å². The number of ether oxygens (including phenoxy) is 1. The van der Waals surface area contributed by atoms with Crippen molar-refractivity contribution in [3.63, 3.8) is 0 Å². The Morgan fingerprint density at radius 3 is 3.00 bits per heavy atom. The van der Waals surface area contributed by atoms with Gasteiger partial charge in [0.1, 0.15) is 5.75 Å². The number of halogens is 2. The largest absolute Gasteiger partial charge is 0.493 e. The summed E-state index contributed by atoms with van der Waals surface area (Å²) >= 11 is 10.4. The highest BCUT2D eigenvalue weighted by Gasteiger charge is 2.20. The molecule has 3 rings (SSSR count). The Bertz CT molecular complexity index is 636. The molecule has 2 heterocycles. The van der Waals surface area contributed by atoms with E-state index < -0.39 is 5.24 Å². The number of hydrogen-bond donors (Lipinski definition) is 0. The lowest BCUT2D eigenvalue weighted by molar-refractivity contribution is 0.108. The normalized spacial score (nSPS) is 13.2. The lowest BCUT2D eigenvalue weighted by Crippen LogP contribution is -1.98. The van der Waals surface area contributed by atoms with E-state index in [2.05, 4.69) is 15.9 Å². The Hall–Kier alpha value is -0.840. The fraction of sp³-hybridized carbons (Fsp3) is 0.154.